The van der Waals surface area contributed by atoms with Crippen molar-refractivity contribution in [3.8, 4) is 6.07 Å². The maximum atomic E-state index is 8.48. The van der Waals surface area contributed by atoms with Crippen molar-refractivity contribution >= 4 is 13.4 Å². The fourth-order valence-corrected chi connectivity index (χ4v) is 3.79. The molecule has 0 atom stereocenters. The molecule has 0 aromatic carbocycles. The zero-order chi connectivity index (χ0) is 10.4. The van der Waals surface area contributed by atoms with Crippen LogP contribution in [0.5, 0.6) is 0 Å². The van der Waals surface area contributed by atoms with Crippen molar-refractivity contribution in [2.75, 3.05) is 0 Å². The van der Waals surface area contributed by atoms with Crippen LogP contribution in [-0.2, 0) is 0 Å². The minimum atomic E-state index is -1.38. The third-order valence-corrected chi connectivity index (χ3v) is 5.73. The Morgan fingerprint density at radius 1 is 1.43 bits per heavy atom. The summed E-state index contributed by atoms with van der Waals surface area (Å²) in [6.07, 6.45) is 3.53. The van der Waals surface area contributed by atoms with Crippen LogP contribution in [0.4, 0.5) is 0 Å². The second kappa shape index (κ2) is 4.92. The lowest BCUT2D eigenvalue weighted by molar-refractivity contribution is 0.945. The number of unbranched alkanes of at least 4 members (excludes halogenated alkanes) is 1. The zero-order valence-corrected chi connectivity index (χ0v) is 9.83. The number of nitriles is 1. The standard InChI is InChI=1S/C11H16N2Si/c1-14(2,10-6-4-8-12)11-7-3-5-9-13-11/h3,5,7,9H,4,6,10H2,1-2H3. The molecule has 0 spiro atoms. The molecule has 14 heavy (non-hydrogen) atoms. The summed E-state index contributed by atoms with van der Waals surface area (Å²) in [7, 11) is -1.38. The first kappa shape index (κ1) is 10.9. The molecule has 0 N–H and O–H groups in total. The van der Waals surface area contributed by atoms with Crippen LogP contribution < -0.4 is 5.32 Å². The number of nitrogens with zero attached hydrogens (tertiary/aromatic N) is 2. The molecule has 1 rings (SSSR count). The van der Waals surface area contributed by atoms with Gasteiger partial charge < -0.3 is 0 Å². The first-order chi connectivity index (χ1) is 6.67. The molecule has 1 aromatic rings. The van der Waals surface area contributed by atoms with Crippen molar-refractivity contribution in [2.24, 2.45) is 0 Å². The fourth-order valence-electron chi connectivity index (χ4n) is 1.50. The average molecular weight is 204 g/mol. The molecular formula is C11H16N2Si. The fraction of sp³-hybridized carbons (Fsp3) is 0.455. The van der Waals surface area contributed by atoms with Crippen LogP contribution in [0.1, 0.15) is 12.8 Å². The number of aromatic nitrogens is 1. The van der Waals surface area contributed by atoms with E-state index < -0.39 is 8.07 Å². The van der Waals surface area contributed by atoms with E-state index >= 15 is 0 Å². The highest BCUT2D eigenvalue weighted by Crippen LogP contribution is 2.12. The first-order valence-corrected chi connectivity index (χ1v) is 8.16. The lowest BCUT2D eigenvalue weighted by Gasteiger charge is -2.20. The Morgan fingerprint density at radius 2 is 2.21 bits per heavy atom. The van der Waals surface area contributed by atoms with Crippen molar-refractivity contribution < 1.29 is 0 Å². The molecule has 0 amide bonds. The molecular weight excluding hydrogens is 188 g/mol. The van der Waals surface area contributed by atoms with Gasteiger partial charge in [0.15, 0.2) is 0 Å². The van der Waals surface area contributed by atoms with Crippen molar-refractivity contribution in [1.82, 2.24) is 4.98 Å². The van der Waals surface area contributed by atoms with Gasteiger partial charge in [-0.05, 0) is 18.6 Å². The molecule has 0 aliphatic rings. The van der Waals surface area contributed by atoms with Crippen LogP contribution in [0.2, 0.25) is 19.1 Å². The lowest BCUT2D eigenvalue weighted by Crippen LogP contribution is -2.42. The summed E-state index contributed by atoms with van der Waals surface area (Å²) in [5.74, 6) is 0. The highest BCUT2D eigenvalue weighted by atomic mass is 28.3. The van der Waals surface area contributed by atoms with Crippen LogP contribution >= 0.6 is 0 Å². The molecule has 1 aromatic heterocycles. The minimum Gasteiger partial charge on any atom is -0.266 e. The van der Waals surface area contributed by atoms with Crippen LogP contribution in [0, 0.1) is 11.3 Å². The minimum absolute atomic E-state index is 0.670. The summed E-state index contributed by atoms with van der Waals surface area (Å²) in [5, 5.41) is 9.73. The summed E-state index contributed by atoms with van der Waals surface area (Å²) in [4.78, 5) is 4.41. The quantitative estimate of drug-likeness (QED) is 0.557. The van der Waals surface area contributed by atoms with Gasteiger partial charge in [0.1, 0.15) is 8.07 Å². The van der Waals surface area contributed by atoms with E-state index in [1.165, 1.54) is 5.32 Å². The Morgan fingerprint density at radius 3 is 2.79 bits per heavy atom. The van der Waals surface area contributed by atoms with Gasteiger partial charge >= 0.3 is 0 Å². The van der Waals surface area contributed by atoms with E-state index in [4.69, 9.17) is 5.26 Å². The van der Waals surface area contributed by atoms with Crippen LogP contribution in [0.15, 0.2) is 24.4 Å². The summed E-state index contributed by atoms with van der Waals surface area (Å²) >= 11 is 0. The van der Waals surface area contributed by atoms with E-state index in [2.05, 4.69) is 30.2 Å². The van der Waals surface area contributed by atoms with Crippen LogP contribution in [0.25, 0.3) is 0 Å². The molecule has 74 valence electrons. The van der Waals surface area contributed by atoms with Crippen LogP contribution in [0.3, 0.4) is 0 Å². The predicted octanol–water partition coefficient (Wildman–Crippen LogP) is 2.30. The molecule has 0 fully saturated rings. The molecule has 0 unspecified atom stereocenters. The van der Waals surface area contributed by atoms with E-state index in [9.17, 15) is 0 Å². The largest absolute Gasteiger partial charge is 0.266 e. The second-order valence-corrected chi connectivity index (χ2v) is 8.89. The Kier molecular flexibility index (Phi) is 3.84. The van der Waals surface area contributed by atoms with Gasteiger partial charge in [-0.3, -0.25) is 4.98 Å². The number of hydrogen-bond donors (Lipinski definition) is 0. The third kappa shape index (κ3) is 2.97. The van der Waals surface area contributed by atoms with E-state index in [0.717, 1.165) is 12.5 Å². The van der Waals surface area contributed by atoms with E-state index in [-0.39, 0.29) is 0 Å². The van der Waals surface area contributed by atoms with Gasteiger partial charge in [0.25, 0.3) is 0 Å². The molecule has 0 aliphatic carbocycles. The zero-order valence-electron chi connectivity index (χ0n) is 8.83. The molecule has 0 bridgehead atoms. The number of hydrogen-bond acceptors (Lipinski definition) is 2. The van der Waals surface area contributed by atoms with Gasteiger partial charge in [-0.15, -0.1) is 0 Å². The molecule has 0 radical (unpaired) electrons. The van der Waals surface area contributed by atoms with E-state index in [0.29, 0.717) is 6.42 Å². The Hall–Kier alpha value is -1.14. The molecule has 0 saturated heterocycles. The van der Waals surface area contributed by atoms with Gasteiger partial charge in [0.05, 0.1) is 6.07 Å². The van der Waals surface area contributed by atoms with Gasteiger partial charge in [0, 0.05) is 17.9 Å². The summed E-state index contributed by atoms with van der Waals surface area (Å²) in [6, 6.07) is 9.44. The summed E-state index contributed by atoms with van der Waals surface area (Å²) in [6.45, 7) is 4.62. The third-order valence-electron chi connectivity index (χ3n) is 2.45. The van der Waals surface area contributed by atoms with Crippen molar-refractivity contribution in [3.63, 3.8) is 0 Å². The summed E-state index contributed by atoms with van der Waals surface area (Å²) < 4.78 is 0. The normalized spacial score (nSPS) is 10.9. The first-order valence-electron chi connectivity index (χ1n) is 4.95. The molecule has 3 heteroatoms. The van der Waals surface area contributed by atoms with Gasteiger partial charge in [0.2, 0.25) is 0 Å². The Labute approximate surface area is 86.6 Å². The maximum Gasteiger partial charge on any atom is 0.104 e. The Balaban J connectivity index is 2.62. The number of pyridine rings is 1. The van der Waals surface area contributed by atoms with Gasteiger partial charge in [-0.2, -0.15) is 5.26 Å². The molecule has 2 nitrogen and oxygen atoms in total. The molecule has 0 aliphatic heterocycles. The highest BCUT2D eigenvalue weighted by Gasteiger charge is 2.23. The topological polar surface area (TPSA) is 36.7 Å². The molecule has 1 heterocycles. The van der Waals surface area contributed by atoms with Crippen molar-refractivity contribution in [2.45, 2.75) is 32.0 Å². The SMILES string of the molecule is C[Si](C)(CCCC#N)c1ccccn1. The van der Waals surface area contributed by atoms with E-state index in [1.54, 1.807) is 0 Å². The molecule has 0 saturated carbocycles. The van der Waals surface area contributed by atoms with Gasteiger partial charge in [-0.25, -0.2) is 0 Å². The second-order valence-electron chi connectivity index (χ2n) is 4.11. The predicted molar refractivity (Wildman–Crippen MR) is 61.0 cm³/mol. The Bertz CT molecular complexity index is 314. The van der Waals surface area contributed by atoms with Crippen molar-refractivity contribution in [3.05, 3.63) is 24.4 Å². The number of rotatable bonds is 4. The van der Waals surface area contributed by atoms with Crippen LogP contribution in [-0.4, -0.2) is 13.1 Å². The van der Waals surface area contributed by atoms with E-state index in [1.807, 2.05) is 18.3 Å². The highest BCUT2D eigenvalue weighted by molar-refractivity contribution is 6.89. The smallest absolute Gasteiger partial charge is 0.104 e. The summed E-state index contributed by atoms with van der Waals surface area (Å²) in [5.41, 5.74) is 0. The van der Waals surface area contributed by atoms with Gasteiger partial charge in [-0.1, -0.05) is 25.2 Å². The maximum absolute atomic E-state index is 8.48. The van der Waals surface area contributed by atoms with Crippen molar-refractivity contribution in [1.29, 1.82) is 5.26 Å². The average Bonchev–Trinajstić information content (AvgIpc) is 2.19. The monoisotopic (exact) mass is 204 g/mol. The lowest BCUT2D eigenvalue weighted by atomic mass is 10.4.